The van der Waals surface area contributed by atoms with Gasteiger partial charge in [0.15, 0.2) is 0 Å². The van der Waals surface area contributed by atoms with Gasteiger partial charge in [-0.3, -0.25) is 0 Å². The van der Waals surface area contributed by atoms with E-state index < -0.39 is 0 Å². The number of hydrogen-bond acceptors (Lipinski definition) is 5. The first-order chi connectivity index (χ1) is 30.7. The van der Waals surface area contributed by atoms with Crippen molar-refractivity contribution in [1.29, 1.82) is 0 Å². The fourth-order valence-electron chi connectivity index (χ4n) is 9.78. The molecule has 0 saturated heterocycles. The van der Waals surface area contributed by atoms with Gasteiger partial charge in [0.2, 0.25) is 0 Å². The van der Waals surface area contributed by atoms with Gasteiger partial charge >= 0.3 is 0 Å². The molecule has 13 rings (SSSR count). The van der Waals surface area contributed by atoms with E-state index in [1.807, 2.05) is 11.8 Å². The molecular formula is C57H34N2S3. The zero-order valence-electron chi connectivity index (χ0n) is 33.2. The molecule has 1 spiro atoms. The Morgan fingerprint density at radius 1 is 0.306 bits per heavy atom. The number of hydrogen-bond donors (Lipinski definition) is 0. The van der Waals surface area contributed by atoms with Crippen LogP contribution in [-0.4, -0.2) is 9.97 Å². The molecule has 0 amide bonds. The third kappa shape index (κ3) is 5.56. The van der Waals surface area contributed by atoms with Crippen molar-refractivity contribution in [3.8, 4) is 65.6 Å². The molecule has 0 N–H and O–H groups in total. The molecular weight excluding hydrogens is 809 g/mol. The van der Waals surface area contributed by atoms with Crippen molar-refractivity contribution in [1.82, 2.24) is 9.97 Å². The zero-order chi connectivity index (χ0) is 40.8. The third-order valence-corrected chi connectivity index (χ3v) is 16.0. The molecule has 3 heterocycles. The highest BCUT2D eigenvalue weighted by molar-refractivity contribution is 7.99. The van der Waals surface area contributed by atoms with Crippen molar-refractivity contribution in [2.45, 2.75) is 15.2 Å². The average molecular weight is 843 g/mol. The summed E-state index contributed by atoms with van der Waals surface area (Å²) >= 11 is 5.36. The molecule has 0 radical (unpaired) electrons. The minimum Gasteiger partial charge on any atom is -0.236 e. The highest BCUT2D eigenvalue weighted by Gasteiger charge is 2.50. The minimum absolute atomic E-state index is 0.384. The van der Waals surface area contributed by atoms with Gasteiger partial charge in [-0.25, -0.2) is 9.97 Å². The van der Waals surface area contributed by atoms with Crippen molar-refractivity contribution in [2.24, 2.45) is 0 Å². The second-order valence-corrected chi connectivity index (χ2v) is 19.2. The van der Waals surface area contributed by atoms with Gasteiger partial charge in [0, 0.05) is 20.9 Å². The Morgan fingerprint density at radius 2 is 0.726 bits per heavy atom. The predicted molar refractivity (Wildman–Crippen MR) is 261 cm³/mol. The quantitative estimate of drug-likeness (QED) is 0.173. The molecule has 0 fully saturated rings. The summed E-state index contributed by atoms with van der Waals surface area (Å²) in [6.07, 6.45) is 0. The Balaban J connectivity index is 0.859. The van der Waals surface area contributed by atoms with E-state index in [4.69, 9.17) is 9.97 Å². The van der Waals surface area contributed by atoms with Gasteiger partial charge in [0.05, 0.1) is 25.8 Å². The standard InChI is InChI=1S/C57H34N2S3/c1-2-12-45-43(11-1)44-30-29-39(34-48(44)57(45)46-13-3-7-17-51(46)60-52-18-8-4-14-47(52)57)37-25-21-35(22-26-37)36-23-27-38(28-24-36)40-31-41(55-58-49-15-5-9-19-53(49)61-55)33-42(32-40)56-59-50-16-6-10-20-54(50)62-56/h1-34H. The second-order valence-electron chi connectivity index (χ2n) is 16.1. The Bertz CT molecular complexity index is 3360. The van der Waals surface area contributed by atoms with Gasteiger partial charge in [-0.2, -0.15) is 0 Å². The smallest absolute Gasteiger partial charge is 0.124 e. The SMILES string of the molecule is c1ccc2c(c1)Sc1ccccc1C21c2ccccc2-c2ccc(-c3ccc(-c4ccc(-c5cc(-c6nc7ccccc7s6)cc(-c6nc7ccccc7s6)c5)cc4)cc3)cc21. The summed E-state index contributed by atoms with van der Waals surface area (Å²) in [4.78, 5) is 12.7. The zero-order valence-corrected chi connectivity index (χ0v) is 35.7. The van der Waals surface area contributed by atoms with E-state index in [0.717, 1.165) is 43.3 Å². The fourth-order valence-corrected chi connectivity index (χ4v) is 12.9. The normalized spacial score (nSPS) is 13.2. The van der Waals surface area contributed by atoms with Crippen LogP contribution in [0.25, 0.3) is 86.1 Å². The molecule has 0 unspecified atom stereocenters. The van der Waals surface area contributed by atoms with Crippen LogP contribution in [0, 0.1) is 0 Å². The van der Waals surface area contributed by atoms with Crippen LogP contribution in [0.2, 0.25) is 0 Å². The molecule has 0 bridgehead atoms. The summed E-state index contributed by atoms with van der Waals surface area (Å²) < 4.78 is 2.38. The van der Waals surface area contributed by atoms with E-state index in [9.17, 15) is 0 Å². The molecule has 11 aromatic rings. The Morgan fingerprint density at radius 3 is 1.29 bits per heavy atom. The first kappa shape index (κ1) is 35.8. The molecule has 1 aliphatic heterocycles. The predicted octanol–water partition coefficient (Wildman–Crippen LogP) is 16.1. The monoisotopic (exact) mass is 842 g/mol. The molecule has 2 aromatic heterocycles. The molecule has 5 heteroatoms. The van der Waals surface area contributed by atoms with Crippen LogP contribution in [0.3, 0.4) is 0 Å². The maximum Gasteiger partial charge on any atom is 0.124 e. The summed E-state index contributed by atoms with van der Waals surface area (Å²) in [6.45, 7) is 0. The maximum absolute atomic E-state index is 5.05. The molecule has 290 valence electrons. The average Bonchev–Trinajstić information content (AvgIpc) is 4.06. The largest absolute Gasteiger partial charge is 0.236 e. The summed E-state index contributed by atoms with van der Waals surface area (Å²) in [5, 5.41) is 2.03. The van der Waals surface area contributed by atoms with E-state index in [0.29, 0.717) is 0 Å². The van der Waals surface area contributed by atoms with Crippen molar-refractivity contribution in [2.75, 3.05) is 0 Å². The van der Waals surface area contributed by atoms with Crippen LogP contribution in [0.1, 0.15) is 22.3 Å². The molecule has 62 heavy (non-hydrogen) atoms. The van der Waals surface area contributed by atoms with Gasteiger partial charge in [0.1, 0.15) is 10.0 Å². The van der Waals surface area contributed by atoms with Crippen molar-refractivity contribution >= 4 is 54.9 Å². The molecule has 2 aliphatic rings. The lowest BCUT2D eigenvalue weighted by Crippen LogP contribution is -2.31. The Kier molecular flexibility index (Phi) is 8.14. The third-order valence-electron chi connectivity index (χ3n) is 12.6. The van der Waals surface area contributed by atoms with Gasteiger partial charge in [-0.15, -0.1) is 22.7 Å². The number of para-hydroxylation sites is 2. The fraction of sp³-hybridized carbons (Fsp3) is 0.0175. The van der Waals surface area contributed by atoms with Gasteiger partial charge in [0.25, 0.3) is 0 Å². The van der Waals surface area contributed by atoms with E-state index in [1.165, 1.54) is 74.8 Å². The van der Waals surface area contributed by atoms with Crippen LogP contribution in [0.4, 0.5) is 0 Å². The number of benzene rings is 9. The van der Waals surface area contributed by atoms with Crippen LogP contribution >= 0.6 is 34.4 Å². The van der Waals surface area contributed by atoms with Crippen molar-refractivity contribution in [3.05, 3.63) is 229 Å². The number of aromatic nitrogens is 2. The van der Waals surface area contributed by atoms with Crippen LogP contribution in [0.5, 0.6) is 0 Å². The summed E-state index contributed by atoms with van der Waals surface area (Å²) in [7, 11) is 0. The van der Waals surface area contributed by atoms with Gasteiger partial charge in [-0.1, -0.05) is 157 Å². The van der Waals surface area contributed by atoms with E-state index in [-0.39, 0.29) is 5.41 Å². The molecule has 9 aromatic carbocycles. The van der Waals surface area contributed by atoms with Crippen molar-refractivity contribution < 1.29 is 0 Å². The Hall–Kier alpha value is -6.89. The number of rotatable bonds is 5. The minimum atomic E-state index is -0.384. The lowest BCUT2D eigenvalue weighted by molar-refractivity contribution is 0.722. The van der Waals surface area contributed by atoms with E-state index >= 15 is 0 Å². The van der Waals surface area contributed by atoms with Gasteiger partial charge in [-0.05, 0) is 127 Å². The summed E-state index contributed by atoms with van der Waals surface area (Å²) in [5.41, 5.74) is 19.1. The lowest BCUT2D eigenvalue weighted by Gasteiger charge is -2.39. The molecule has 0 saturated carbocycles. The van der Waals surface area contributed by atoms with Crippen LogP contribution in [0.15, 0.2) is 216 Å². The highest BCUT2D eigenvalue weighted by atomic mass is 32.2. The molecule has 1 aliphatic carbocycles. The maximum atomic E-state index is 5.05. The van der Waals surface area contributed by atoms with E-state index in [2.05, 4.69) is 206 Å². The second kappa shape index (κ2) is 14.1. The Labute approximate surface area is 371 Å². The van der Waals surface area contributed by atoms with Crippen molar-refractivity contribution in [3.63, 3.8) is 0 Å². The topological polar surface area (TPSA) is 25.8 Å². The number of thiazole rings is 2. The summed E-state index contributed by atoms with van der Waals surface area (Å²) in [5.74, 6) is 0. The summed E-state index contributed by atoms with van der Waals surface area (Å²) in [6, 6.07) is 75.8. The van der Waals surface area contributed by atoms with Crippen LogP contribution < -0.4 is 0 Å². The number of fused-ring (bicyclic) bond motifs is 11. The first-order valence-electron chi connectivity index (χ1n) is 20.9. The molecule has 0 atom stereocenters. The lowest BCUT2D eigenvalue weighted by atomic mass is 9.67. The first-order valence-corrected chi connectivity index (χ1v) is 23.3. The van der Waals surface area contributed by atoms with E-state index in [1.54, 1.807) is 22.7 Å². The van der Waals surface area contributed by atoms with Crippen LogP contribution in [-0.2, 0) is 5.41 Å². The highest BCUT2D eigenvalue weighted by Crippen LogP contribution is 2.62. The van der Waals surface area contributed by atoms with Gasteiger partial charge < -0.3 is 0 Å². The molecule has 2 nitrogen and oxygen atoms in total. The number of nitrogens with zero attached hydrogens (tertiary/aromatic N) is 2.